The molecule has 0 fully saturated rings. The Morgan fingerprint density at radius 3 is 1.94 bits per heavy atom. The summed E-state index contributed by atoms with van der Waals surface area (Å²) in [5, 5.41) is 23.6. The minimum atomic E-state index is -5.10. The number of nitro groups is 2. The van der Waals surface area contributed by atoms with E-state index >= 15 is 0 Å². The van der Waals surface area contributed by atoms with Gasteiger partial charge in [0, 0.05) is 36.6 Å². The lowest BCUT2D eigenvalue weighted by Crippen LogP contribution is -2.29. The van der Waals surface area contributed by atoms with E-state index in [0.717, 1.165) is 11.1 Å². The van der Waals surface area contributed by atoms with E-state index in [2.05, 4.69) is 10.1 Å². The normalized spacial score (nSPS) is 15.5. The van der Waals surface area contributed by atoms with Crippen molar-refractivity contribution in [1.82, 2.24) is 10.1 Å². The molecule has 0 radical (unpaired) electrons. The minimum absolute atomic E-state index is 0.109. The molecular formula is C42H54F5N4O11PS3. The Morgan fingerprint density at radius 2 is 1.47 bits per heavy atom. The molecule has 0 spiro atoms. The number of thioether (sulfide) groups is 2. The molecule has 1 unspecified atom stereocenters. The number of methoxy groups -OCH3 is 3. The Bertz CT molecular complexity index is 2270. The predicted octanol–water partition coefficient (Wildman–Crippen LogP) is 11.4. The van der Waals surface area contributed by atoms with E-state index in [1.54, 1.807) is 46.1 Å². The fourth-order valence-electron chi connectivity index (χ4n) is 6.47. The Kier molecular flexibility index (Phi) is 22.9. The number of benzene rings is 2. The summed E-state index contributed by atoms with van der Waals surface area (Å²) in [6.07, 6.45) is -1.14. The topological polar surface area (TPSA) is 191 Å². The number of aromatic nitrogens is 1. The van der Waals surface area contributed by atoms with Crippen LogP contribution in [0.5, 0.6) is 23.0 Å². The lowest BCUT2D eigenvalue weighted by atomic mass is 9.83. The number of alkyl halides is 5. The monoisotopic (exact) mass is 1010 g/mol. The van der Waals surface area contributed by atoms with E-state index in [-0.39, 0.29) is 40.2 Å². The van der Waals surface area contributed by atoms with Crippen molar-refractivity contribution in [3.05, 3.63) is 102 Å². The maximum atomic E-state index is 13.4. The van der Waals surface area contributed by atoms with E-state index in [4.69, 9.17) is 35.1 Å². The van der Waals surface area contributed by atoms with E-state index in [9.17, 15) is 51.8 Å². The van der Waals surface area contributed by atoms with Gasteiger partial charge in [-0.1, -0.05) is 75.5 Å². The molecule has 1 aromatic heterocycles. The summed E-state index contributed by atoms with van der Waals surface area (Å²) in [7, 11) is 6.03. The third kappa shape index (κ3) is 15.6. The van der Waals surface area contributed by atoms with Crippen molar-refractivity contribution in [3.8, 4) is 23.0 Å². The zero-order chi connectivity index (χ0) is 50.3. The van der Waals surface area contributed by atoms with E-state index in [1.165, 1.54) is 39.9 Å². The number of rotatable bonds is 17. The number of hydrogen-bond donors (Lipinski definition) is 1. The van der Waals surface area contributed by atoms with Crippen molar-refractivity contribution in [2.75, 3.05) is 47.5 Å². The molecule has 15 nitrogen and oxygen atoms in total. The van der Waals surface area contributed by atoms with Crippen LogP contribution in [0, 0.1) is 39.0 Å². The molecule has 0 aliphatic heterocycles. The van der Waals surface area contributed by atoms with Crippen molar-refractivity contribution in [2.45, 2.75) is 78.4 Å². The van der Waals surface area contributed by atoms with Crippen molar-refractivity contribution >= 4 is 57.9 Å². The van der Waals surface area contributed by atoms with Crippen LogP contribution in [0.25, 0.3) is 0 Å². The van der Waals surface area contributed by atoms with Crippen LogP contribution in [0.3, 0.4) is 0 Å². The van der Waals surface area contributed by atoms with Crippen LogP contribution >= 0.6 is 30.2 Å². The number of allylic oxidation sites excluding steroid dienone is 1. The van der Waals surface area contributed by atoms with E-state index in [0.29, 0.717) is 66.1 Å². The highest BCUT2D eigenvalue weighted by molar-refractivity contribution is 8.13. The molecular weight excluding hydrogens is 959 g/mol. The third-order valence-corrected chi connectivity index (χ3v) is 13.2. The van der Waals surface area contributed by atoms with Gasteiger partial charge in [-0.25, -0.2) is 18.9 Å². The molecule has 4 rings (SSSR count). The van der Waals surface area contributed by atoms with Gasteiger partial charge in [0.15, 0.2) is 17.2 Å². The number of nitro benzene ring substituents is 1. The molecule has 66 heavy (non-hydrogen) atoms. The van der Waals surface area contributed by atoms with Gasteiger partial charge in [0.05, 0.1) is 43.3 Å². The third-order valence-electron chi connectivity index (χ3n) is 9.46. The van der Waals surface area contributed by atoms with Gasteiger partial charge in [0.2, 0.25) is 27.8 Å². The number of carbonyl (C=O) groups excluding carboxylic acids is 2. The second-order valence-electron chi connectivity index (χ2n) is 15.0. The second-order valence-corrected chi connectivity index (χ2v) is 19.9. The highest BCUT2D eigenvalue weighted by atomic mass is 32.5. The molecule has 3 atom stereocenters. The molecule has 1 aliphatic carbocycles. The van der Waals surface area contributed by atoms with Gasteiger partial charge in [-0.05, 0) is 79.2 Å². The zero-order valence-corrected chi connectivity index (χ0v) is 41.5. The lowest BCUT2D eigenvalue weighted by molar-refractivity contribution is -0.526. The van der Waals surface area contributed by atoms with E-state index < -0.39 is 63.0 Å². The zero-order valence-electron chi connectivity index (χ0n) is 38.2. The van der Waals surface area contributed by atoms with Gasteiger partial charge in [0.25, 0.3) is 6.43 Å². The van der Waals surface area contributed by atoms with Crippen LogP contribution in [0.1, 0.15) is 102 Å². The summed E-state index contributed by atoms with van der Waals surface area (Å²) >= 11 is 6.40. The van der Waals surface area contributed by atoms with Gasteiger partial charge in [-0.15, -0.1) is 0 Å². The van der Waals surface area contributed by atoms with Crippen LogP contribution in [0.4, 0.5) is 27.6 Å². The Hall–Kier alpha value is -4.41. The van der Waals surface area contributed by atoms with E-state index in [1.807, 2.05) is 32.1 Å². The number of halogens is 5. The maximum absolute atomic E-state index is 13.4. The largest absolute Gasteiger partial charge is 0.493 e. The minimum Gasteiger partial charge on any atom is -0.493 e. The van der Waals surface area contributed by atoms with Gasteiger partial charge in [0.1, 0.15) is 5.69 Å². The Labute approximate surface area is 393 Å². The van der Waals surface area contributed by atoms with Crippen molar-refractivity contribution < 1.29 is 64.6 Å². The molecule has 3 aromatic rings. The average molecular weight is 1010 g/mol. The number of nitrogens with zero attached hydrogens (tertiary/aromatic N) is 3. The van der Waals surface area contributed by atoms with Crippen LogP contribution in [0.2, 0.25) is 0 Å². The fourth-order valence-corrected chi connectivity index (χ4v) is 9.06. The molecule has 0 saturated heterocycles. The second kappa shape index (κ2) is 26.2. The quantitative estimate of drug-likeness (QED) is 0.0441. The number of carbonyl (C=O) groups is 2. The number of nitrogens with one attached hydrogen (secondary N) is 1. The highest BCUT2D eigenvalue weighted by Crippen LogP contribution is 2.48. The first kappa shape index (κ1) is 57.7. The molecule has 366 valence electrons. The Morgan fingerprint density at radius 1 is 0.894 bits per heavy atom. The smallest absolute Gasteiger partial charge is 0.434 e. The first-order valence-electron chi connectivity index (χ1n) is 19.9. The van der Waals surface area contributed by atoms with Crippen molar-refractivity contribution in [1.29, 1.82) is 0 Å². The number of pyridine rings is 1. The molecule has 1 heterocycles. The van der Waals surface area contributed by atoms with Crippen LogP contribution in [-0.2, 0) is 28.9 Å². The first-order valence-corrected chi connectivity index (χ1v) is 25.0. The molecule has 1 aliphatic rings. The summed E-state index contributed by atoms with van der Waals surface area (Å²) in [4.78, 5) is 48.9. The summed E-state index contributed by atoms with van der Waals surface area (Å²) in [5.74, 6) is 1.50. The summed E-state index contributed by atoms with van der Waals surface area (Å²) in [6.45, 7) is 6.96. The fraction of sp³-hybridized carbons (Fsp3) is 0.500. The average Bonchev–Trinajstić information content (AvgIpc) is 3.27. The van der Waals surface area contributed by atoms with Crippen LogP contribution in [0.15, 0.2) is 42.5 Å². The van der Waals surface area contributed by atoms with Crippen molar-refractivity contribution in [3.63, 3.8) is 0 Å². The molecule has 0 saturated carbocycles. The molecule has 1 N–H and O–H groups in total. The standard InChI is InChI=1S/C15H16F5NO2S2.C15H19NO5.C12H19N2O4PS/c1-6(2)5-7-8(13(22)24-3)10(12(16)17)21-11(15(18,19)20)9(7)14(23)25-4;1-19-13-9-8-11(14(20-2)15(13)21-3)10-6-4-5-7-12(10)16(17)18;1-9(2)8-13-19(20,17-4)18-12-6-5-10(3)7-11(12)14(15)16/h6,12H,5H2,1-4H3;4-5,8-10,12H,6-7H2,1-3H3;5-7,9H,8H2,1-4H3,(H,13,20)/t;10-,12+;/m.0./s1. The first-order chi connectivity index (χ1) is 30.9. The number of ether oxygens (including phenoxy) is 3. The number of aryl methyl sites for hydroxylation is 1. The summed E-state index contributed by atoms with van der Waals surface area (Å²) in [6, 6.07) is 7.66. The molecule has 2 aromatic carbocycles. The molecule has 0 bridgehead atoms. The Balaban J connectivity index is 0.000000342. The number of hydrogen-bond acceptors (Lipinski definition) is 15. The van der Waals surface area contributed by atoms with Gasteiger partial charge < -0.3 is 23.3 Å². The maximum Gasteiger partial charge on any atom is 0.434 e. The van der Waals surface area contributed by atoms with Gasteiger partial charge in [-0.3, -0.25) is 29.8 Å². The van der Waals surface area contributed by atoms with Crippen molar-refractivity contribution in [2.24, 2.45) is 11.8 Å². The summed E-state index contributed by atoms with van der Waals surface area (Å²) in [5.41, 5.74) is -3.17. The predicted molar refractivity (Wildman–Crippen MR) is 249 cm³/mol. The summed E-state index contributed by atoms with van der Waals surface area (Å²) < 4.78 is 93.6. The van der Waals surface area contributed by atoms with Crippen LogP contribution in [-0.4, -0.2) is 78.6 Å². The van der Waals surface area contributed by atoms with Crippen LogP contribution < -0.4 is 23.8 Å². The van der Waals surface area contributed by atoms with Gasteiger partial charge >= 0.3 is 18.5 Å². The molecule has 24 heteroatoms. The lowest BCUT2D eigenvalue weighted by Gasteiger charge is -2.25. The van der Waals surface area contributed by atoms with Gasteiger partial charge in [-0.2, -0.15) is 13.2 Å². The highest BCUT2D eigenvalue weighted by Gasteiger charge is 2.42. The molecule has 0 amide bonds. The SMILES string of the molecule is COP(=S)(NCC(C)C)Oc1ccc(C)cc1[N+](=O)[O-].COc1ccc([C@@H]2CC=CC[C@H]2[N+](=O)[O-])c(OC)c1OC.CSC(=O)c1c(C(F)F)nc(C(F)(F)F)c(C(=O)SC)c1CC(C)C.